The Balaban J connectivity index is 1.75. The molecule has 2 heterocycles. The van der Waals surface area contributed by atoms with Crippen LogP contribution in [0.5, 0.6) is 0 Å². The number of nitrogens with zero attached hydrogens (tertiary/aromatic N) is 2. The molecule has 0 fully saturated rings. The number of nitrogen functional groups attached to an aromatic ring is 1. The van der Waals surface area contributed by atoms with E-state index in [-0.39, 0.29) is 0 Å². The summed E-state index contributed by atoms with van der Waals surface area (Å²) in [6, 6.07) is 9.81. The number of imidazole rings is 2. The van der Waals surface area contributed by atoms with E-state index in [1.165, 1.54) is 0 Å². The lowest BCUT2D eigenvalue weighted by Crippen LogP contribution is -1.93. The number of aromatic amines is 2. The standard InChI is InChI=1S/C14H12N6/c15-10-3-9(5-13-14(10)19-7-18-13)20-8-1-2-11-12(4-8)17-6-16-11/h1-7,20H,15H2,(H,16,17)(H,18,19). The molecule has 0 atom stereocenters. The monoisotopic (exact) mass is 264 g/mol. The summed E-state index contributed by atoms with van der Waals surface area (Å²) >= 11 is 0. The summed E-state index contributed by atoms with van der Waals surface area (Å²) in [6.45, 7) is 0. The number of aromatic nitrogens is 4. The summed E-state index contributed by atoms with van der Waals surface area (Å²) < 4.78 is 0. The Hall–Kier alpha value is -3.02. The molecule has 6 nitrogen and oxygen atoms in total. The third-order valence-corrected chi connectivity index (χ3v) is 3.26. The molecule has 0 aliphatic heterocycles. The third-order valence-electron chi connectivity index (χ3n) is 3.26. The molecule has 4 rings (SSSR count). The third kappa shape index (κ3) is 1.66. The van der Waals surface area contributed by atoms with Gasteiger partial charge >= 0.3 is 0 Å². The first-order valence-corrected chi connectivity index (χ1v) is 6.22. The molecule has 0 amide bonds. The van der Waals surface area contributed by atoms with Crippen LogP contribution >= 0.6 is 0 Å². The second-order valence-electron chi connectivity index (χ2n) is 4.62. The number of hydrogen-bond donors (Lipinski definition) is 4. The minimum Gasteiger partial charge on any atom is -0.397 e. The van der Waals surface area contributed by atoms with Gasteiger partial charge in [-0.2, -0.15) is 0 Å². The van der Waals surface area contributed by atoms with Crippen molar-refractivity contribution in [2.75, 3.05) is 11.1 Å². The van der Waals surface area contributed by atoms with E-state index >= 15 is 0 Å². The van der Waals surface area contributed by atoms with Crippen molar-refractivity contribution in [3.8, 4) is 0 Å². The fraction of sp³-hybridized carbons (Fsp3) is 0. The molecule has 0 unspecified atom stereocenters. The minimum absolute atomic E-state index is 0.647. The second kappa shape index (κ2) is 3.99. The van der Waals surface area contributed by atoms with Gasteiger partial charge in [0, 0.05) is 11.4 Å². The fourth-order valence-electron chi connectivity index (χ4n) is 2.33. The Labute approximate surface area is 114 Å². The van der Waals surface area contributed by atoms with Crippen LogP contribution in [0.4, 0.5) is 17.1 Å². The van der Waals surface area contributed by atoms with E-state index in [1.807, 2.05) is 30.3 Å². The van der Waals surface area contributed by atoms with Crippen LogP contribution in [0.15, 0.2) is 43.0 Å². The topological polar surface area (TPSA) is 95.4 Å². The molecule has 4 aromatic rings. The number of benzene rings is 2. The molecular weight excluding hydrogens is 252 g/mol. The van der Waals surface area contributed by atoms with Crippen LogP contribution < -0.4 is 11.1 Å². The molecule has 6 heteroatoms. The molecule has 2 aromatic heterocycles. The number of H-pyrrole nitrogens is 2. The van der Waals surface area contributed by atoms with Gasteiger partial charge < -0.3 is 21.0 Å². The summed E-state index contributed by atoms with van der Waals surface area (Å²) in [6.07, 6.45) is 3.32. The highest BCUT2D eigenvalue weighted by molar-refractivity contribution is 5.91. The molecule has 0 aliphatic carbocycles. The van der Waals surface area contributed by atoms with Gasteiger partial charge in [0.15, 0.2) is 0 Å². The highest BCUT2D eigenvalue weighted by atomic mass is 14.9. The molecule has 0 saturated carbocycles. The summed E-state index contributed by atoms with van der Waals surface area (Å²) in [5.74, 6) is 0. The van der Waals surface area contributed by atoms with E-state index in [1.54, 1.807) is 12.7 Å². The molecule has 0 aliphatic rings. The van der Waals surface area contributed by atoms with Gasteiger partial charge in [0.1, 0.15) is 5.52 Å². The van der Waals surface area contributed by atoms with Crippen LogP contribution in [0.1, 0.15) is 0 Å². The van der Waals surface area contributed by atoms with Crippen molar-refractivity contribution < 1.29 is 0 Å². The van der Waals surface area contributed by atoms with Gasteiger partial charge in [-0.05, 0) is 30.3 Å². The van der Waals surface area contributed by atoms with Gasteiger partial charge in [0.25, 0.3) is 0 Å². The smallest absolute Gasteiger partial charge is 0.111 e. The Morgan fingerprint density at radius 3 is 2.65 bits per heavy atom. The zero-order valence-corrected chi connectivity index (χ0v) is 10.5. The number of fused-ring (bicyclic) bond motifs is 2. The number of rotatable bonds is 2. The Kier molecular flexibility index (Phi) is 2.17. The van der Waals surface area contributed by atoms with E-state index in [0.717, 1.165) is 33.4 Å². The molecule has 5 N–H and O–H groups in total. The first-order valence-electron chi connectivity index (χ1n) is 6.22. The Morgan fingerprint density at radius 2 is 1.70 bits per heavy atom. The van der Waals surface area contributed by atoms with Gasteiger partial charge in [-0.1, -0.05) is 0 Å². The van der Waals surface area contributed by atoms with Crippen LogP contribution in [0.25, 0.3) is 22.1 Å². The lowest BCUT2D eigenvalue weighted by Gasteiger charge is -2.07. The molecule has 98 valence electrons. The van der Waals surface area contributed by atoms with Gasteiger partial charge in [-0.25, -0.2) is 9.97 Å². The van der Waals surface area contributed by atoms with Crippen molar-refractivity contribution in [2.24, 2.45) is 0 Å². The molecule has 20 heavy (non-hydrogen) atoms. The molecule has 0 saturated heterocycles. The highest BCUT2D eigenvalue weighted by Gasteiger charge is 2.05. The van der Waals surface area contributed by atoms with E-state index in [9.17, 15) is 0 Å². The van der Waals surface area contributed by atoms with Crippen LogP contribution in [-0.2, 0) is 0 Å². The van der Waals surface area contributed by atoms with Crippen molar-refractivity contribution >= 4 is 39.1 Å². The highest BCUT2D eigenvalue weighted by Crippen LogP contribution is 2.26. The Morgan fingerprint density at radius 1 is 0.900 bits per heavy atom. The number of nitrogens with one attached hydrogen (secondary N) is 3. The zero-order valence-electron chi connectivity index (χ0n) is 10.5. The number of hydrogen-bond acceptors (Lipinski definition) is 4. The quantitative estimate of drug-likeness (QED) is 0.419. The van der Waals surface area contributed by atoms with Crippen LogP contribution in [0, 0.1) is 0 Å². The van der Waals surface area contributed by atoms with E-state index in [2.05, 4.69) is 25.3 Å². The molecule has 0 spiro atoms. The molecular formula is C14H12N6. The van der Waals surface area contributed by atoms with Crippen LogP contribution in [0.2, 0.25) is 0 Å². The lowest BCUT2D eigenvalue weighted by atomic mass is 10.2. The predicted molar refractivity (Wildman–Crippen MR) is 79.9 cm³/mol. The summed E-state index contributed by atoms with van der Waals surface area (Å²) in [5, 5.41) is 3.33. The normalized spacial score (nSPS) is 11.2. The van der Waals surface area contributed by atoms with E-state index < -0.39 is 0 Å². The first-order chi connectivity index (χ1) is 9.79. The van der Waals surface area contributed by atoms with Gasteiger partial charge in [0.2, 0.25) is 0 Å². The second-order valence-corrected chi connectivity index (χ2v) is 4.62. The average molecular weight is 264 g/mol. The predicted octanol–water partition coefficient (Wildman–Crippen LogP) is 2.76. The van der Waals surface area contributed by atoms with Gasteiger partial charge in [-0.3, -0.25) is 0 Å². The van der Waals surface area contributed by atoms with Crippen molar-refractivity contribution in [1.29, 1.82) is 0 Å². The van der Waals surface area contributed by atoms with Crippen LogP contribution in [0.3, 0.4) is 0 Å². The van der Waals surface area contributed by atoms with E-state index in [0.29, 0.717) is 5.69 Å². The number of anilines is 3. The average Bonchev–Trinajstić information content (AvgIpc) is 3.06. The maximum atomic E-state index is 5.99. The first kappa shape index (κ1) is 10.9. The van der Waals surface area contributed by atoms with E-state index in [4.69, 9.17) is 5.73 Å². The van der Waals surface area contributed by atoms with Crippen molar-refractivity contribution in [2.45, 2.75) is 0 Å². The van der Waals surface area contributed by atoms with Crippen LogP contribution in [-0.4, -0.2) is 19.9 Å². The molecule has 0 radical (unpaired) electrons. The van der Waals surface area contributed by atoms with Crippen molar-refractivity contribution in [1.82, 2.24) is 19.9 Å². The largest absolute Gasteiger partial charge is 0.397 e. The maximum absolute atomic E-state index is 5.99. The lowest BCUT2D eigenvalue weighted by molar-refractivity contribution is 1.34. The summed E-state index contributed by atoms with van der Waals surface area (Å²) in [4.78, 5) is 14.5. The SMILES string of the molecule is Nc1cc(Nc2ccc3nc[nH]c3c2)cc2[nH]cnc12. The summed E-state index contributed by atoms with van der Waals surface area (Å²) in [5.41, 5.74) is 12.2. The zero-order chi connectivity index (χ0) is 13.5. The van der Waals surface area contributed by atoms with Crippen molar-refractivity contribution in [3.63, 3.8) is 0 Å². The van der Waals surface area contributed by atoms with Gasteiger partial charge in [-0.15, -0.1) is 0 Å². The minimum atomic E-state index is 0.647. The number of nitrogens with two attached hydrogens (primary N) is 1. The Bertz CT molecular complexity index is 904. The summed E-state index contributed by atoms with van der Waals surface area (Å²) in [7, 11) is 0. The molecule has 0 bridgehead atoms. The van der Waals surface area contributed by atoms with Gasteiger partial charge in [0.05, 0.1) is 34.9 Å². The molecule has 2 aromatic carbocycles. The fourth-order valence-corrected chi connectivity index (χ4v) is 2.33. The maximum Gasteiger partial charge on any atom is 0.111 e. The van der Waals surface area contributed by atoms with Crippen molar-refractivity contribution in [3.05, 3.63) is 43.0 Å².